The van der Waals surface area contributed by atoms with Gasteiger partial charge in [-0.05, 0) is 46.5 Å². The third kappa shape index (κ3) is 4.05. The maximum atomic E-state index is 4.02. The molecule has 2 nitrogen and oxygen atoms in total. The van der Waals surface area contributed by atoms with Crippen LogP contribution in [0.5, 0.6) is 0 Å². The van der Waals surface area contributed by atoms with E-state index in [0.29, 0.717) is 18.0 Å². The zero-order chi connectivity index (χ0) is 14.1. The maximum absolute atomic E-state index is 4.02. The highest BCUT2D eigenvalue weighted by atomic mass is 31.0. The fourth-order valence-corrected chi connectivity index (χ4v) is 3.98. The molecule has 0 aromatic carbocycles. The average molecular weight is 270 g/mol. The predicted octanol–water partition coefficient (Wildman–Crippen LogP) is 3.60. The summed E-state index contributed by atoms with van der Waals surface area (Å²) in [5.41, 5.74) is 0.304. The van der Waals surface area contributed by atoms with Gasteiger partial charge in [-0.1, -0.05) is 29.3 Å². The lowest BCUT2D eigenvalue weighted by Crippen LogP contribution is -2.60. The van der Waals surface area contributed by atoms with E-state index in [2.05, 4.69) is 73.6 Å². The Balaban J connectivity index is 3.04. The van der Waals surface area contributed by atoms with Gasteiger partial charge in [-0.3, -0.25) is 4.67 Å². The van der Waals surface area contributed by atoms with Crippen LogP contribution in [0.3, 0.4) is 0 Å². The van der Waals surface area contributed by atoms with Crippen LogP contribution in [0.15, 0.2) is 12.7 Å². The van der Waals surface area contributed by atoms with Crippen molar-refractivity contribution in [2.45, 2.75) is 77.5 Å². The second kappa shape index (κ2) is 5.61. The number of rotatable bonds is 2. The molecule has 0 aromatic heterocycles. The van der Waals surface area contributed by atoms with E-state index in [4.69, 9.17) is 0 Å². The van der Waals surface area contributed by atoms with Gasteiger partial charge in [-0.25, -0.2) is 0 Å². The van der Waals surface area contributed by atoms with E-state index in [-0.39, 0.29) is 11.1 Å². The minimum atomic E-state index is 0.138. The molecule has 0 amide bonds. The van der Waals surface area contributed by atoms with Gasteiger partial charge >= 0.3 is 0 Å². The van der Waals surface area contributed by atoms with Crippen LogP contribution >= 0.6 is 9.39 Å². The summed E-state index contributed by atoms with van der Waals surface area (Å²) in [5, 5.41) is 3.82. The van der Waals surface area contributed by atoms with E-state index in [1.165, 1.54) is 0 Å². The zero-order valence-electron chi connectivity index (χ0n) is 13.0. The van der Waals surface area contributed by atoms with Crippen LogP contribution in [0.2, 0.25) is 0 Å². The first-order valence-corrected chi connectivity index (χ1v) is 7.54. The molecule has 18 heavy (non-hydrogen) atoms. The van der Waals surface area contributed by atoms with E-state index in [1.807, 2.05) is 0 Å². The first-order chi connectivity index (χ1) is 8.08. The van der Waals surface area contributed by atoms with Crippen molar-refractivity contribution in [2.75, 3.05) is 0 Å². The van der Waals surface area contributed by atoms with E-state index < -0.39 is 0 Å². The van der Waals surface area contributed by atoms with Crippen LogP contribution in [0.1, 0.15) is 54.4 Å². The summed E-state index contributed by atoms with van der Waals surface area (Å²) in [6, 6.07) is 0.984. The van der Waals surface area contributed by atoms with Crippen molar-refractivity contribution in [3.63, 3.8) is 0 Å². The van der Waals surface area contributed by atoms with Crippen molar-refractivity contribution in [3.05, 3.63) is 12.7 Å². The number of nitrogens with one attached hydrogen (secondary N) is 1. The van der Waals surface area contributed by atoms with Gasteiger partial charge in [0.1, 0.15) is 0 Å². The van der Waals surface area contributed by atoms with Crippen LogP contribution in [0, 0.1) is 5.92 Å². The minimum Gasteiger partial charge on any atom is -0.307 e. The summed E-state index contributed by atoms with van der Waals surface area (Å²) in [6.45, 7) is 17.9. The van der Waals surface area contributed by atoms with Crippen molar-refractivity contribution in [3.8, 4) is 0 Å². The van der Waals surface area contributed by atoms with E-state index in [9.17, 15) is 0 Å². The first kappa shape index (κ1) is 16.1. The van der Waals surface area contributed by atoms with Crippen molar-refractivity contribution >= 4 is 9.39 Å². The second-order valence-electron chi connectivity index (χ2n) is 7.36. The molecule has 0 aromatic rings. The van der Waals surface area contributed by atoms with Gasteiger partial charge in [0.2, 0.25) is 0 Å². The largest absolute Gasteiger partial charge is 0.307 e. The zero-order valence-corrected chi connectivity index (χ0v) is 14.1. The molecule has 3 atom stereocenters. The van der Waals surface area contributed by atoms with E-state index >= 15 is 0 Å². The molecule has 3 heteroatoms. The van der Waals surface area contributed by atoms with Crippen LogP contribution in [-0.2, 0) is 0 Å². The topological polar surface area (TPSA) is 15.3 Å². The van der Waals surface area contributed by atoms with Crippen molar-refractivity contribution in [2.24, 2.45) is 5.92 Å². The lowest BCUT2D eigenvalue weighted by atomic mass is 9.82. The summed E-state index contributed by atoms with van der Waals surface area (Å²) < 4.78 is 2.45. The van der Waals surface area contributed by atoms with Gasteiger partial charge in [0.05, 0.1) is 0 Å². The molecule has 106 valence electrons. The Morgan fingerprint density at radius 2 is 1.72 bits per heavy atom. The summed E-state index contributed by atoms with van der Waals surface area (Å²) in [7, 11) is 2.95. The third-order valence-corrected chi connectivity index (χ3v) is 4.69. The normalized spacial score (nSPS) is 32.9. The summed E-state index contributed by atoms with van der Waals surface area (Å²) in [5.74, 6) is 0.646. The second-order valence-corrected chi connectivity index (χ2v) is 7.96. The lowest BCUT2D eigenvalue weighted by Gasteiger charge is -2.49. The Morgan fingerprint density at radius 3 is 2.17 bits per heavy atom. The fourth-order valence-electron chi connectivity index (χ4n) is 3.31. The monoisotopic (exact) mass is 270 g/mol. The molecule has 3 unspecified atom stereocenters. The van der Waals surface area contributed by atoms with Crippen molar-refractivity contribution in [1.29, 1.82) is 0 Å². The van der Waals surface area contributed by atoms with Gasteiger partial charge < -0.3 is 5.32 Å². The molecule has 1 heterocycles. The molecule has 0 radical (unpaired) electrons. The molecule has 1 rings (SSSR count). The van der Waals surface area contributed by atoms with E-state index in [0.717, 1.165) is 12.8 Å². The molecule has 1 saturated heterocycles. The molecule has 1 aliphatic heterocycles. The Hall–Kier alpha value is 0.0900. The highest BCUT2D eigenvalue weighted by Gasteiger charge is 2.38. The number of hydrogen-bond acceptors (Lipinski definition) is 2. The van der Waals surface area contributed by atoms with Crippen LogP contribution in [-0.4, -0.2) is 27.8 Å². The lowest BCUT2D eigenvalue weighted by molar-refractivity contribution is 0.110. The Labute approximate surface area is 116 Å². The van der Waals surface area contributed by atoms with Crippen LogP contribution < -0.4 is 5.32 Å². The Morgan fingerprint density at radius 1 is 1.22 bits per heavy atom. The number of nitrogens with zero attached hydrogens (tertiary/aromatic N) is 1. The molecule has 0 aliphatic carbocycles. The maximum Gasteiger partial charge on any atom is 0.0328 e. The molecule has 1 fully saturated rings. The molecule has 0 saturated carbocycles. The van der Waals surface area contributed by atoms with Crippen molar-refractivity contribution < 1.29 is 0 Å². The molecule has 0 spiro atoms. The predicted molar refractivity (Wildman–Crippen MR) is 84.7 cm³/mol. The van der Waals surface area contributed by atoms with Crippen molar-refractivity contribution in [1.82, 2.24) is 9.99 Å². The smallest absolute Gasteiger partial charge is 0.0328 e. The Kier molecular flexibility index (Phi) is 5.03. The average Bonchev–Trinajstić information content (AvgIpc) is 2.18. The van der Waals surface area contributed by atoms with Gasteiger partial charge in [0.25, 0.3) is 0 Å². The minimum absolute atomic E-state index is 0.138. The third-order valence-electron chi connectivity index (χ3n) is 3.92. The van der Waals surface area contributed by atoms with Gasteiger partial charge in [-0.15, -0.1) is 6.58 Å². The molecule has 0 bridgehead atoms. The SMILES string of the molecule is C=CC1CC(C)(C)NC(C)(C)CC(C(C)C)N1P. The fraction of sp³-hybridized carbons (Fsp3) is 0.867. The molecular weight excluding hydrogens is 239 g/mol. The summed E-state index contributed by atoms with van der Waals surface area (Å²) >= 11 is 0. The van der Waals surface area contributed by atoms with Gasteiger partial charge in [-0.2, -0.15) is 0 Å². The highest BCUT2D eigenvalue weighted by molar-refractivity contribution is 7.13. The first-order valence-electron chi connectivity index (χ1n) is 7.03. The number of hydrogen-bond donors (Lipinski definition) is 1. The van der Waals surface area contributed by atoms with Gasteiger partial charge in [0.15, 0.2) is 0 Å². The van der Waals surface area contributed by atoms with Gasteiger partial charge in [0, 0.05) is 23.2 Å². The summed E-state index contributed by atoms with van der Waals surface area (Å²) in [4.78, 5) is 0. The Bertz CT molecular complexity index is 297. The highest BCUT2D eigenvalue weighted by Crippen LogP contribution is 2.34. The molecular formula is C15H31N2P. The van der Waals surface area contributed by atoms with Crippen LogP contribution in [0.25, 0.3) is 0 Å². The van der Waals surface area contributed by atoms with E-state index in [1.54, 1.807) is 0 Å². The standard InChI is InChI=1S/C15H31N2P/c1-8-12-9-14(4,5)16-15(6,7)10-13(11(2)3)17(12)18/h8,11-13,16H,1,9-10,18H2,2-7H3. The summed E-state index contributed by atoms with van der Waals surface area (Å²) in [6.07, 6.45) is 4.33. The van der Waals surface area contributed by atoms with Crippen LogP contribution in [0.4, 0.5) is 0 Å². The molecule has 1 aliphatic rings. The molecule has 1 N–H and O–H groups in total. The quantitative estimate of drug-likeness (QED) is 0.609.